The first-order chi connectivity index (χ1) is 14.4. The highest BCUT2D eigenvalue weighted by Crippen LogP contribution is 2.39. The Hall–Kier alpha value is -2.68. The lowest BCUT2D eigenvalue weighted by molar-refractivity contribution is -0.135. The van der Waals surface area contributed by atoms with Crippen LogP contribution in [0.2, 0.25) is 0 Å². The third kappa shape index (κ3) is 4.40. The van der Waals surface area contributed by atoms with Crippen molar-refractivity contribution in [1.29, 1.82) is 0 Å². The number of nitrogens with zero attached hydrogens (tertiary/aromatic N) is 4. The lowest BCUT2D eigenvalue weighted by atomic mass is 9.90. The first-order valence-corrected chi connectivity index (χ1v) is 11.2. The summed E-state index contributed by atoms with van der Waals surface area (Å²) in [4.78, 5) is 29.5. The van der Waals surface area contributed by atoms with Crippen LogP contribution >= 0.6 is 11.3 Å². The van der Waals surface area contributed by atoms with Crippen molar-refractivity contribution in [2.45, 2.75) is 44.2 Å². The van der Waals surface area contributed by atoms with E-state index in [0.717, 1.165) is 31.4 Å². The van der Waals surface area contributed by atoms with Crippen LogP contribution in [0.15, 0.2) is 24.3 Å². The average Bonchev–Trinajstić information content (AvgIpc) is 3.25. The number of hydrogen-bond donors (Lipinski definition) is 2. The number of fused-ring (bicyclic) bond motifs is 2. The van der Waals surface area contributed by atoms with Gasteiger partial charge in [0.05, 0.1) is 6.42 Å². The molecule has 4 rings (SSSR count). The number of amides is 2. The second-order valence-corrected chi connectivity index (χ2v) is 9.48. The van der Waals surface area contributed by atoms with E-state index in [1.54, 1.807) is 0 Å². The van der Waals surface area contributed by atoms with Gasteiger partial charge < -0.3 is 20.9 Å². The molecule has 2 saturated heterocycles. The number of nitrogens with one attached hydrogen (secondary N) is 1. The average molecular weight is 429 g/mol. The standard InChI is InChI=1S/C21H28N6O2S/c1-26(2)15-5-3-4-14(10-15)20(29)23-12-13-8-16-6-7-17(9-13)27(16)19(28)11-18-24-25-21(22)30-18/h3-5,10,13,16-17H,6-9,11-12H2,1-2H3,(H2,22,25)(H,23,29)/t13?,16-,17+. The second kappa shape index (κ2) is 8.59. The summed E-state index contributed by atoms with van der Waals surface area (Å²) < 4.78 is 0. The molecule has 0 saturated carbocycles. The summed E-state index contributed by atoms with van der Waals surface area (Å²) >= 11 is 1.27. The Labute approximate surface area is 180 Å². The van der Waals surface area contributed by atoms with Gasteiger partial charge >= 0.3 is 0 Å². The van der Waals surface area contributed by atoms with Crippen molar-refractivity contribution in [3.05, 3.63) is 34.8 Å². The highest BCUT2D eigenvalue weighted by Gasteiger charge is 2.43. The van der Waals surface area contributed by atoms with E-state index in [-0.39, 0.29) is 30.3 Å². The second-order valence-electron chi connectivity index (χ2n) is 8.39. The maximum absolute atomic E-state index is 12.8. The van der Waals surface area contributed by atoms with Crippen LogP contribution in [0.4, 0.5) is 10.8 Å². The molecular formula is C21H28N6O2S. The van der Waals surface area contributed by atoms with E-state index in [0.29, 0.717) is 28.2 Å². The summed E-state index contributed by atoms with van der Waals surface area (Å²) in [5, 5.41) is 11.9. The molecule has 0 radical (unpaired) electrons. The first-order valence-electron chi connectivity index (χ1n) is 10.4. The van der Waals surface area contributed by atoms with Crippen molar-refractivity contribution < 1.29 is 9.59 Å². The lowest BCUT2D eigenvalue weighted by Crippen LogP contribution is -2.49. The third-order valence-corrected chi connectivity index (χ3v) is 6.83. The topological polar surface area (TPSA) is 104 Å². The number of nitrogen functional groups attached to an aromatic ring is 1. The Kier molecular flexibility index (Phi) is 5.90. The van der Waals surface area contributed by atoms with Crippen molar-refractivity contribution in [2.75, 3.05) is 31.3 Å². The van der Waals surface area contributed by atoms with Gasteiger partial charge in [0.15, 0.2) is 0 Å². The summed E-state index contributed by atoms with van der Waals surface area (Å²) in [6.45, 7) is 0.646. The Morgan fingerprint density at radius 3 is 2.60 bits per heavy atom. The number of rotatable bonds is 6. The molecule has 9 heteroatoms. The van der Waals surface area contributed by atoms with E-state index in [1.807, 2.05) is 43.3 Å². The number of anilines is 2. The van der Waals surface area contributed by atoms with E-state index in [9.17, 15) is 9.59 Å². The minimum absolute atomic E-state index is 0.0431. The summed E-state index contributed by atoms with van der Waals surface area (Å²) in [6.07, 6.45) is 4.19. The van der Waals surface area contributed by atoms with Crippen LogP contribution in [0.3, 0.4) is 0 Å². The number of hydrogen-bond acceptors (Lipinski definition) is 7. The number of aromatic nitrogens is 2. The lowest BCUT2D eigenvalue weighted by Gasteiger charge is -2.39. The molecule has 1 unspecified atom stereocenters. The SMILES string of the molecule is CN(C)c1cccc(C(=O)NCC2C[C@H]3CC[C@@H](C2)N3C(=O)Cc2nnc(N)s2)c1. The number of piperidine rings is 1. The fourth-order valence-corrected chi connectivity index (χ4v) is 5.29. The van der Waals surface area contributed by atoms with Crippen LogP contribution in [-0.4, -0.2) is 59.6 Å². The van der Waals surface area contributed by atoms with Gasteiger partial charge in [-0.3, -0.25) is 9.59 Å². The molecule has 2 aromatic rings. The number of carbonyl (C=O) groups excluding carboxylic acids is 2. The van der Waals surface area contributed by atoms with Gasteiger partial charge in [-0.2, -0.15) is 0 Å². The molecular weight excluding hydrogens is 400 g/mol. The highest BCUT2D eigenvalue weighted by molar-refractivity contribution is 7.15. The molecule has 2 bridgehead atoms. The van der Waals surface area contributed by atoms with Gasteiger partial charge in [-0.25, -0.2) is 0 Å². The molecule has 0 spiro atoms. The van der Waals surface area contributed by atoms with Gasteiger partial charge in [-0.1, -0.05) is 17.4 Å². The van der Waals surface area contributed by atoms with E-state index in [2.05, 4.69) is 20.4 Å². The maximum atomic E-state index is 12.8. The van der Waals surface area contributed by atoms with Gasteiger partial charge in [0.25, 0.3) is 5.91 Å². The molecule has 2 aliphatic heterocycles. The van der Waals surface area contributed by atoms with E-state index in [1.165, 1.54) is 11.3 Å². The molecule has 1 aromatic carbocycles. The van der Waals surface area contributed by atoms with Gasteiger partial charge in [-0.05, 0) is 49.8 Å². The smallest absolute Gasteiger partial charge is 0.251 e. The van der Waals surface area contributed by atoms with Gasteiger partial charge in [0.1, 0.15) is 5.01 Å². The van der Waals surface area contributed by atoms with Crippen molar-refractivity contribution in [3.8, 4) is 0 Å². The normalized spacial score (nSPS) is 22.7. The number of carbonyl (C=O) groups is 2. The van der Waals surface area contributed by atoms with Gasteiger partial charge in [0, 0.05) is 44.0 Å². The Balaban J connectivity index is 1.32. The zero-order chi connectivity index (χ0) is 21.3. The summed E-state index contributed by atoms with van der Waals surface area (Å²) in [5.74, 6) is 0.463. The van der Waals surface area contributed by atoms with Crippen LogP contribution in [0.1, 0.15) is 41.0 Å². The molecule has 30 heavy (non-hydrogen) atoms. The molecule has 3 N–H and O–H groups in total. The van der Waals surface area contributed by atoms with Crippen LogP contribution in [-0.2, 0) is 11.2 Å². The largest absolute Gasteiger partial charge is 0.378 e. The third-order valence-electron chi connectivity index (χ3n) is 6.08. The molecule has 0 aliphatic carbocycles. The first kappa shape index (κ1) is 20.6. The molecule has 2 aliphatic rings. The molecule has 3 atom stereocenters. The molecule has 2 amide bonds. The minimum atomic E-state index is -0.0431. The van der Waals surface area contributed by atoms with Gasteiger partial charge in [-0.15, -0.1) is 10.2 Å². The Morgan fingerprint density at radius 1 is 1.23 bits per heavy atom. The van der Waals surface area contributed by atoms with E-state index >= 15 is 0 Å². The predicted molar refractivity (Wildman–Crippen MR) is 118 cm³/mol. The molecule has 8 nitrogen and oxygen atoms in total. The Bertz CT molecular complexity index is 916. The highest BCUT2D eigenvalue weighted by atomic mass is 32.1. The predicted octanol–water partition coefficient (Wildman–Crippen LogP) is 1.93. The van der Waals surface area contributed by atoms with Crippen LogP contribution in [0.5, 0.6) is 0 Å². The van der Waals surface area contributed by atoms with Crippen LogP contribution in [0.25, 0.3) is 0 Å². The van der Waals surface area contributed by atoms with Crippen molar-refractivity contribution in [1.82, 2.24) is 20.4 Å². The molecule has 2 fully saturated rings. The maximum Gasteiger partial charge on any atom is 0.251 e. The molecule has 1 aromatic heterocycles. The molecule has 160 valence electrons. The summed E-state index contributed by atoms with van der Waals surface area (Å²) in [5.41, 5.74) is 7.30. The van der Waals surface area contributed by atoms with Crippen LogP contribution < -0.4 is 16.0 Å². The number of benzene rings is 1. The van der Waals surface area contributed by atoms with Crippen molar-refractivity contribution in [2.24, 2.45) is 5.92 Å². The monoisotopic (exact) mass is 428 g/mol. The van der Waals surface area contributed by atoms with Crippen molar-refractivity contribution in [3.63, 3.8) is 0 Å². The zero-order valence-corrected chi connectivity index (χ0v) is 18.2. The quantitative estimate of drug-likeness (QED) is 0.729. The fraction of sp³-hybridized carbons (Fsp3) is 0.524. The van der Waals surface area contributed by atoms with Gasteiger partial charge in [0.2, 0.25) is 11.0 Å². The summed E-state index contributed by atoms with van der Waals surface area (Å²) in [6, 6.07) is 8.13. The minimum Gasteiger partial charge on any atom is -0.378 e. The molecule has 3 heterocycles. The zero-order valence-electron chi connectivity index (χ0n) is 17.4. The van der Waals surface area contributed by atoms with E-state index < -0.39 is 0 Å². The fourth-order valence-electron chi connectivity index (χ4n) is 4.69. The summed E-state index contributed by atoms with van der Waals surface area (Å²) in [7, 11) is 3.92. The Morgan fingerprint density at radius 2 is 1.97 bits per heavy atom. The number of nitrogens with two attached hydrogens (primary N) is 1. The van der Waals surface area contributed by atoms with Crippen LogP contribution in [0, 0.1) is 5.92 Å². The van der Waals surface area contributed by atoms with Crippen molar-refractivity contribution >= 4 is 34.0 Å². The van der Waals surface area contributed by atoms with E-state index in [4.69, 9.17) is 5.73 Å².